The van der Waals surface area contributed by atoms with Crippen LogP contribution in [-0.4, -0.2) is 29.8 Å². The van der Waals surface area contributed by atoms with Gasteiger partial charge in [0.2, 0.25) is 5.79 Å². The highest BCUT2D eigenvalue weighted by molar-refractivity contribution is 5.90. The van der Waals surface area contributed by atoms with Gasteiger partial charge in [0.15, 0.2) is 11.5 Å². The number of hydrogen-bond acceptors (Lipinski definition) is 3. The predicted octanol–water partition coefficient (Wildman–Crippen LogP) is 3.62. The standard InChI is InChI=1S/C18H22N2O3/c1-18(2)22-15-8-7-14(9-16(15)23-18)19-17(21)20-10-12-5-3-4-6-13(12)11-20/h3-4,7-9,12-13H,5-6,10-11H2,1-2H3,(H,19,21)/t12-,13-/m0/s1. The van der Waals surface area contributed by atoms with E-state index in [2.05, 4.69) is 17.5 Å². The first-order valence-electron chi connectivity index (χ1n) is 8.23. The van der Waals surface area contributed by atoms with Crippen molar-refractivity contribution in [2.24, 2.45) is 11.8 Å². The van der Waals surface area contributed by atoms with E-state index < -0.39 is 5.79 Å². The number of nitrogens with one attached hydrogen (secondary N) is 1. The zero-order valence-electron chi connectivity index (χ0n) is 13.5. The Labute approximate surface area is 136 Å². The summed E-state index contributed by atoms with van der Waals surface area (Å²) in [6.07, 6.45) is 6.66. The van der Waals surface area contributed by atoms with Gasteiger partial charge in [-0.25, -0.2) is 4.79 Å². The first-order chi connectivity index (χ1) is 11.0. The molecule has 0 radical (unpaired) electrons. The van der Waals surface area contributed by atoms with Crippen LogP contribution >= 0.6 is 0 Å². The Bertz CT molecular complexity index is 652. The van der Waals surface area contributed by atoms with E-state index in [1.54, 1.807) is 0 Å². The molecule has 0 bridgehead atoms. The first kappa shape index (κ1) is 14.4. The minimum absolute atomic E-state index is 0.0301. The van der Waals surface area contributed by atoms with Crippen LogP contribution in [0.2, 0.25) is 0 Å². The van der Waals surface area contributed by atoms with Crippen molar-refractivity contribution in [2.75, 3.05) is 18.4 Å². The molecule has 1 N–H and O–H groups in total. The number of allylic oxidation sites excluding steroid dienone is 2. The molecule has 0 aromatic heterocycles. The number of likely N-dealkylation sites (tertiary alicyclic amines) is 1. The van der Waals surface area contributed by atoms with Crippen molar-refractivity contribution in [2.45, 2.75) is 32.5 Å². The summed E-state index contributed by atoms with van der Waals surface area (Å²) >= 11 is 0. The largest absolute Gasteiger partial charge is 0.449 e. The third kappa shape index (κ3) is 2.76. The fraction of sp³-hybridized carbons (Fsp3) is 0.500. The zero-order chi connectivity index (χ0) is 16.0. The number of carbonyl (C=O) groups is 1. The van der Waals surface area contributed by atoms with Crippen molar-refractivity contribution in [1.82, 2.24) is 4.90 Å². The minimum atomic E-state index is -0.650. The summed E-state index contributed by atoms with van der Waals surface area (Å²) in [5.41, 5.74) is 0.739. The number of ether oxygens (including phenoxy) is 2. The molecule has 2 aliphatic heterocycles. The van der Waals surface area contributed by atoms with E-state index in [9.17, 15) is 4.79 Å². The van der Waals surface area contributed by atoms with Crippen molar-refractivity contribution >= 4 is 11.7 Å². The van der Waals surface area contributed by atoms with Gasteiger partial charge in [-0.3, -0.25) is 0 Å². The highest BCUT2D eigenvalue weighted by Crippen LogP contribution is 2.41. The second-order valence-electron chi connectivity index (χ2n) is 7.06. The van der Waals surface area contributed by atoms with E-state index in [1.807, 2.05) is 36.9 Å². The summed E-state index contributed by atoms with van der Waals surface area (Å²) in [6, 6.07) is 5.49. The van der Waals surface area contributed by atoms with Crippen LogP contribution in [0.15, 0.2) is 30.4 Å². The Hall–Kier alpha value is -2.17. The maximum absolute atomic E-state index is 12.5. The fourth-order valence-electron chi connectivity index (χ4n) is 3.68. The smallest absolute Gasteiger partial charge is 0.321 e. The fourth-order valence-corrected chi connectivity index (χ4v) is 3.68. The first-order valence-corrected chi connectivity index (χ1v) is 8.23. The number of amides is 2. The normalized spacial score (nSPS) is 27.0. The lowest BCUT2D eigenvalue weighted by molar-refractivity contribution is -0.0431. The van der Waals surface area contributed by atoms with E-state index in [1.165, 1.54) is 0 Å². The van der Waals surface area contributed by atoms with Gasteiger partial charge in [0.05, 0.1) is 0 Å². The molecule has 2 heterocycles. The molecule has 0 unspecified atom stereocenters. The number of benzene rings is 1. The van der Waals surface area contributed by atoms with Crippen LogP contribution < -0.4 is 14.8 Å². The van der Waals surface area contributed by atoms with Gasteiger partial charge in [0, 0.05) is 38.7 Å². The number of urea groups is 1. The monoisotopic (exact) mass is 314 g/mol. The molecule has 122 valence electrons. The molecule has 5 nitrogen and oxygen atoms in total. The Balaban J connectivity index is 1.42. The zero-order valence-corrected chi connectivity index (χ0v) is 13.5. The molecular formula is C18H22N2O3. The third-order valence-electron chi connectivity index (χ3n) is 4.81. The summed E-state index contributed by atoms with van der Waals surface area (Å²) < 4.78 is 11.4. The lowest BCUT2D eigenvalue weighted by atomic mass is 9.86. The van der Waals surface area contributed by atoms with E-state index >= 15 is 0 Å². The molecule has 2 atom stereocenters. The third-order valence-corrected chi connectivity index (χ3v) is 4.81. The molecule has 5 heteroatoms. The molecule has 1 aromatic carbocycles. The van der Waals surface area contributed by atoms with Crippen LogP contribution in [0, 0.1) is 11.8 Å². The lowest BCUT2D eigenvalue weighted by Crippen LogP contribution is -2.33. The van der Waals surface area contributed by atoms with E-state index in [4.69, 9.17) is 9.47 Å². The maximum Gasteiger partial charge on any atom is 0.321 e. The predicted molar refractivity (Wildman–Crippen MR) is 87.7 cm³/mol. The number of nitrogens with zero attached hydrogens (tertiary/aromatic N) is 1. The molecule has 0 saturated carbocycles. The van der Waals surface area contributed by atoms with Crippen LogP contribution in [0.4, 0.5) is 10.5 Å². The highest BCUT2D eigenvalue weighted by Gasteiger charge is 2.35. The molecule has 1 saturated heterocycles. The Morgan fingerprint density at radius 3 is 2.48 bits per heavy atom. The molecule has 2 amide bonds. The van der Waals surface area contributed by atoms with Gasteiger partial charge in [0.25, 0.3) is 0 Å². The van der Waals surface area contributed by atoms with Gasteiger partial charge >= 0.3 is 6.03 Å². The molecule has 4 rings (SSSR count). The van der Waals surface area contributed by atoms with Gasteiger partial charge in [-0.2, -0.15) is 0 Å². The number of rotatable bonds is 1. The molecular weight excluding hydrogens is 292 g/mol. The summed E-state index contributed by atoms with van der Waals surface area (Å²) in [4.78, 5) is 14.4. The quantitative estimate of drug-likeness (QED) is 0.805. The summed E-state index contributed by atoms with van der Waals surface area (Å²) in [5, 5.41) is 2.98. The second kappa shape index (κ2) is 5.18. The maximum atomic E-state index is 12.5. The SMILES string of the molecule is CC1(C)Oc2ccc(NC(=O)N3C[C@@H]4CC=CC[C@H]4C3)cc2O1. The number of carbonyl (C=O) groups excluding carboxylic acids is 1. The summed E-state index contributed by atoms with van der Waals surface area (Å²) in [5.74, 6) is 1.97. The minimum Gasteiger partial charge on any atom is -0.449 e. The summed E-state index contributed by atoms with van der Waals surface area (Å²) in [6.45, 7) is 5.42. The average molecular weight is 314 g/mol. The van der Waals surface area contributed by atoms with Crippen molar-refractivity contribution in [1.29, 1.82) is 0 Å². The Morgan fingerprint density at radius 2 is 1.78 bits per heavy atom. The van der Waals surface area contributed by atoms with Crippen LogP contribution in [0.5, 0.6) is 11.5 Å². The van der Waals surface area contributed by atoms with Gasteiger partial charge in [0.1, 0.15) is 0 Å². The number of fused-ring (bicyclic) bond motifs is 2. The number of hydrogen-bond donors (Lipinski definition) is 1. The second-order valence-corrected chi connectivity index (χ2v) is 7.06. The average Bonchev–Trinajstić information content (AvgIpc) is 3.05. The molecule has 3 aliphatic rings. The molecule has 0 spiro atoms. The van der Waals surface area contributed by atoms with E-state index in [0.717, 1.165) is 31.6 Å². The van der Waals surface area contributed by atoms with E-state index in [0.29, 0.717) is 23.3 Å². The molecule has 1 aliphatic carbocycles. The van der Waals surface area contributed by atoms with Crippen molar-refractivity contribution < 1.29 is 14.3 Å². The van der Waals surface area contributed by atoms with E-state index in [-0.39, 0.29) is 6.03 Å². The van der Waals surface area contributed by atoms with Crippen LogP contribution in [0.1, 0.15) is 26.7 Å². The molecule has 1 fully saturated rings. The molecule has 1 aromatic rings. The van der Waals surface area contributed by atoms with Crippen molar-refractivity contribution in [3.05, 3.63) is 30.4 Å². The Morgan fingerprint density at radius 1 is 1.13 bits per heavy atom. The topological polar surface area (TPSA) is 50.8 Å². The Kier molecular flexibility index (Phi) is 3.25. The van der Waals surface area contributed by atoms with Gasteiger partial charge < -0.3 is 19.7 Å². The number of anilines is 1. The highest BCUT2D eigenvalue weighted by atomic mass is 16.7. The van der Waals surface area contributed by atoms with Crippen molar-refractivity contribution in [3.8, 4) is 11.5 Å². The molecule has 23 heavy (non-hydrogen) atoms. The van der Waals surface area contributed by atoms with Crippen LogP contribution in [0.25, 0.3) is 0 Å². The van der Waals surface area contributed by atoms with Crippen LogP contribution in [0.3, 0.4) is 0 Å². The van der Waals surface area contributed by atoms with Gasteiger partial charge in [-0.05, 0) is 36.8 Å². The lowest BCUT2D eigenvalue weighted by Gasteiger charge is -2.17. The van der Waals surface area contributed by atoms with Crippen molar-refractivity contribution in [3.63, 3.8) is 0 Å². The summed E-state index contributed by atoms with van der Waals surface area (Å²) in [7, 11) is 0. The van der Waals surface area contributed by atoms with Crippen LogP contribution in [-0.2, 0) is 0 Å². The van der Waals surface area contributed by atoms with Gasteiger partial charge in [-0.1, -0.05) is 12.2 Å². The van der Waals surface area contributed by atoms with Gasteiger partial charge in [-0.15, -0.1) is 0 Å².